The van der Waals surface area contributed by atoms with Crippen molar-refractivity contribution < 1.29 is 14.3 Å². The number of aromatic nitrogens is 1. The zero-order chi connectivity index (χ0) is 19.0. The molecular formula is C18H16Cl2N2O4S2. The van der Waals surface area contributed by atoms with E-state index in [9.17, 15) is 9.90 Å². The average molecular weight is 459 g/mol. The van der Waals surface area contributed by atoms with Crippen LogP contribution in [0, 0.1) is 0 Å². The molecule has 0 radical (unpaired) electrons. The van der Waals surface area contributed by atoms with Gasteiger partial charge in [-0.25, -0.2) is 9.79 Å². The van der Waals surface area contributed by atoms with Crippen molar-refractivity contribution in [1.82, 2.24) is 4.98 Å². The predicted molar refractivity (Wildman–Crippen MR) is 118 cm³/mol. The molecule has 1 atom stereocenters. The highest BCUT2D eigenvalue weighted by atomic mass is 35.5. The number of aliphatic imine (C=N–C) groups is 1. The summed E-state index contributed by atoms with van der Waals surface area (Å²) < 4.78 is 10.6. The van der Waals surface area contributed by atoms with Crippen LogP contribution in [-0.2, 0) is 6.42 Å². The zero-order valence-electron chi connectivity index (χ0n) is 14.4. The fourth-order valence-corrected chi connectivity index (χ4v) is 3.94. The van der Waals surface area contributed by atoms with Gasteiger partial charge in [0.1, 0.15) is 12.4 Å². The van der Waals surface area contributed by atoms with Crippen LogP contribution in [0.25, 0.3) is 11.1 Å². The summed E-state index contributed by atoms with van der Waals surface area (Å²) in [6.07, 6.45) is -0.00396. The topological polar surface area (TPSA) is 87.8 Å². The Balaban J connectivity index is 0.00000225. The number of H-pyrrole nitrogens is 1. The number of oxazole rings is 1. The first kappa shape index (κ1) is 21.1. The van der Waals surface area contributed by atoms with Crippen LogP contribution in [0.2, 0.25) is 10.0 Å². The van der Waals surface area contributed by atoms with E-state index in [0.717, 1.165) is 16.3 Å². The van der Waals surface area contributed by atoms with Gasteiger partial charge in [0.2, 0.25) is 0 Å². The van der Waals surface area contributed by atoms with Crippen molar-refractivity contribution in [2.24, 2.45) is 4.99 Å². The van der Waals surface area contributed by atoms with Crippen LogP contribution >= 0.6 is 48.5 Å². The quantitative estimate of drug-likeness (QED) is 0.594. The number of hydrogen-bond acceptors (Lipinski definition) is 6. The maximum atomic E-state index is 11.2. The van der Waals surface area contributed by atoms with Crippen LogP contribution in [0.4, 0.5) is 5.69 Å². The summed E-state index contributed by atoms with van der Waals surface area (Å²) in [5, 5.41) is 12.1. The maximum Gasteiger partial charge on any atom is 0.417 e. The van der Waals surface area contributed by atoms with E-state index in [-0.39, 0.29) is 20.1 Å². The summed E-state index contributed by atoms with van der Waals surface area (Å²) >= 11 is 13.5. The third kappa shape index (κ3) is 4.69. The van der Waals surface area contributed by atoms with Gasteiger partial charge in [0.15, 0.2) is 5.58 Å². The Kier molecular flexibility index (Phi) is 6.67. The van der Waals surface area contributed by atoms with Crippen LogP contribution in [0.1, 0.15) is 5.56 Å². The van der Waals surface area contributed by atoms with Crippen molar-refractivity contribution in [1.29, 1.82) is 0 Å². The predicted octanol–water partition coefficient (Wildman–Crippen LogP) is 4.30. The minimum absolute atomic E-state index is 0. The molecule has 0 spiro atoms. The molecule has 0 aliphatic carbocycles. The lowest BCUT2D eigenvalue weighted by molar-refractivity contribution is 0.126. The fourth-order valence-electron chi connectivity index (χ4n) is 2.69. The minimum Gasteiger partial charge on any atom is -0.491 e. The molecule has 0 fully saturated rings. The van der Waals surface area contributed by atoms with Gasteiger partial charge in [-0.05, 0) is 29.8 Å². The van der Waals surface area contributed by atoms with Gasteiger partial charge in [-0.2, -0.15) is 13.5 Å². The third-order valence-electron chi connectivity index (χ3n) is 3.99. The number of halogens is 2. The van der Waals surface area contributed by atoms with Gasteiger partial charge < -0.3 is 14.3 Å². The van der Waals surface area contributed by atoms with Crippen molar-refractivity contribution in [2.45, 2.75) is 12.5 Å². The summed E-state index contributed by atoms with van der Waals surface area (Å²) in [6, 6.07) is 8.59. The number of thioether (sulfide) groups is 1. The number of aliphatic hydroxyl groups is 1. The number of rotatable bonds is 5. The molecule has 1 aromatic heterocycles. The Morgan fingerprint density at radius 2 is 2.07 bits per heavy atom. The van der Waals surface area contributed by atoms with E-state index < -0.39 is 11.9 Å². The first-order valence-electron chi connectivity index (χ1n) is 8.10. The lowest BCUT2D eigenvalue weighted by Gasteiger charge is -2.12. The molecule has 6 nitrogen and oxygen atoms in total. The van der Waals surface area contributed by atoms with Crippen molar-refractivity contribution in [2.75, 3.05) is 12.4 Å². The van der Waals surface area contributed by atoms with Gasteiger partial charge in [-0.1, -0.05) is 23.2 Å². The van der Waals surface area contributed by atoms with Gasteiger partial charge in [0.25, 0.3) is 0 Å². The Morgan fingerprint density at radius 3 is 2.89 bits per heavy atom. The molecule has 10 heteroatoms. The largest absolute Gasteiger partial charge is 0.491 e. The average Bonchev–Trinajstić information content (AvgIpc) is 3.19. The smallest absolute Gasteiger partial charge is 0.417 e. The van der Waals surface area contributed by atoms with E-state index in [2.05, 4.69) is 9.98 Å². The number of ether oxygens (including phenoxy) is 1. The molecule has 2 aromatic carbocycles. The summed E-state index contributed by atoms with van der Waals surface area (Å²) in [6.45, 7) is 0.116. The van der Waals surface area contributed by atoms with E-state index in [1.807, 2.05) is 6.07 Å². The monoisotopic (exact) mass is 458 g/mol. The minimum atomic E-state index is -0.678. The maximum absolute atomic E-state index is 11.2. The molecule has 148 valence electrons. The van der Waals surface area contributed by atoms with Crippen molar-refractivity contribution in [3.05, 3.63) is 56.5 Å². The second-order valence-corrected chi connectivity index (χ2v) is 7.93. The number of nitrogens with zero attached hydrogens (tertiary/aromatic N) is 1. The highest BCUT2D eigenvalue weighted by Crippen LogP contribution is 2.36. The summed E-state index contributed by atoms with van der Waals surface area (Å²) in [4.78, 5) is 18.2. The van der Waals surface area contributed by atoms with Crippen molar-refractivity contribution in [3.8, 4) is 5.75 Å². The SMILES string of the molecule is O=c1[nH]c2ccc(OC[C@@H](O)CSC3=Nc4cc(Cl)c(Cl)cc4C3)cc2o1.S. The molecular weight excluding hydrogens is 443 g/mol. The van der Waals surface area contributed by atoms with Crippen molar-refractivity contribution in [3.63, 3.8) is 0 Å². The molecule has 28 heavy (non-hydrogen) atoms. The number of benzene rings is 2. The highest BCUT2D eigenvalue weighted by molar-refractivity contribution is 8.14. The molecule has 0 bridgehead atoms. The summed E-state index contributed by atoms with van der Waals surface area (Å²) in [7, 11) is 0. The Hall–Kier alpha value is -1.58. The molecule has 0 amide bonds. The van der Waals surface area contributed by atoms with Gasteiger partial charge in [-0.15, -0.1) is 11.8 Å². The van der Waals surface area contributed by atoms with Gasteiger partial charge in [0.05, 0.1) is 32.4 Å². The molecule has 1 aliphatic heterocycles. The van der Waals surface area contributed by atoms with Crippen LogP contribution < -0.4 is 10.5 Å². The normalized spacial score (nSPS) is 13.8. The third-order valence-corrected chi connectivity index (χ3v) is 5.83. The van der Waals surface area contributed by atoms with Crippen LogP contribution in [0.3, 0.4) is 0 Å². The zero-order valence-corrected chi connectivity index (χ0v) is 17.7. The highest BCUT2D eigenvalue weighted by Gasteiger charge is 2.18. The first-order valence-corrected chi connectivity index (χ1v) is 9.84. The Labute approximate surface area is 181 Å². The second-order valence-electron chi connectivity index (χ2n) is 6.03. The van der Waals surface area contributed by atoms with E-state index in [0.29, 0.717) is 39.1 Å². The van der Waals surface area contributed by atoms with Crippen LogP contribution in [0.5, 0.6) is 5.75 Å². The number of aromatic amines is 1. The van der Waals surface area contributed by atoms with Crippen LogP contribution in [0.15, 0.2) is 44.5 Å². The van der Waals surface area contributed by atoms with Crippen molar-refractivity contribution >= 4 is 70.3 Å². The molecule has 1 aliphatic rings. The second kappa shape index (κ2) is 8.84. The van der Waals surface area contributed by atoms with Gasteiger partial charge in [-0.3, -0.25) is 4.98 Å². The number of hydrogen-bond donors (Lipinski definition) is 2. The lowest BCUT2D eigenvalue weighted by atomic mass is 10.1. The Bertz CT molecular complexity index is 1100. The molecule has 2 heterocycles. The van der Waals surface area contributed by atoms with Gasteiger partial charge >= 0.3 is 5.76 Å². The molecule has 4 rings (SSSR count). The molecule has 0 saturated heterocycles. The van der Waals surface area contributed by atoms with Gasteiger partial charge in [0, 0.05) is 18.2 Å². The van der Waals surface area contributed by atoms with E-state index in [1.165, 1.54) is 11.8 Å². The molecule has 0 unspecified atom stereocenters. The Morgan fingerprint density at radius 1 is 1.29 bits per heavy atom. The van der Waals surface area contributed by atoms with E-state index in [1.54, 1.807) is 24.3 Å². The van der Waals surface area contributed by atoms with Crippen LogP contribution in [-0.4, -0.2) is 33.6 Å². The molecule has 3 aromatic rings. The summed E-state index contributed by atoms with van der Waals surface area (Å²) in [5.41, 5.74) is 2.86. The lowest BCUT2D eigenvalue weighted by Crippen LogP contribution is -2.21. The molecule has 2 N–H and O–H groups in total. The number of aliphatic hydroxyl groups excluding tert-OH is 1. The number of fused-ring (bicyclic) bond motifs is 2. The standard InChI is InChI=1S/C18H14Cl2N2O4S.H2S/c19-12-3-9-4-17(21-15(9)6-13(12)20)27-8-10(23)7-25-11-1-2-14-16(5-11)26-18(24)22-14;/h1-3,5-6,10,23H,4,7-8H2,(H,22,24);1H2/t10-;/m1./s1. The molecule has 0 saturated carbocycles. The van der Waals surface area contributed by atoms with E-state index in [4.69, 9.17) is 32.4 Å². The van der Waals surface area contributed by atoms with E-state index >= 15 is 0 Å². The fraction of sp³-hybridized carbons (Fsp3) is 0.222. The number of nitrogens with one attached hydrogen (secondary N) is 1. The first-order chi connectivity index (χ1) is 13.0. The summed E-state index contributed by atoms with van der Waals surface area (Å²) in [5.74, 6) is 0.444.